The van der Waals surface area contributed by atoms with Crippen LogP contribution in [0.15, 0.2) is 42.5 Å². The van der Waals surface area contributed by atoms with E-state index in [1.807, 2.05) is 65.0 Å². The third-order valence-corrected chi connectivity index (χ3v) is 7.43. The van der Waals surface area contributed by atoms with Crippen molar-refractivity contribution in [2.75, 3.05) is 23.7 Å². The molecule has 1 unspecified atom stereocenters. The van der Waals surface area contributed by atoms with Crippen molar-refractivity contribution in [1.82, 2.24) is 10.2 Å². The molecule has 0 aliphatic heterocycles. The Morgan fingerprint density at radius 1 is 1.03 bits per heavy atom. The van der Waals surface area contributed by atoms with Gasteiger partial charge in [-0.05, 0) is 73.6 Å². The summed E-state index contributed by atoms with van der Waals surface area (Å²) in [5.41, 5.74) is 3.38. The van der Waals surface area contributed by atoms with E-state index in [2.05, 4.69) is 5.32 Å². The number of rotatable bonds is 13. The lowest BCUT2D eigenvalue weighted by molar-refractivity contribution is -0.141. The van der Waals surface area contributed by atoms with Crippen LogP contribution in [0, 0.1) is 19.8 Å². The minimum absolute atomic E-state index is 0.109. The van der Waals surface area contributed by atoms with Gasteiger partial charge in [-0.15, -0.1) is 0 Å². The highest BCUT2D eigenvalue weighted by Gasteiger charge is 2.29. The number of carbonyl (C=O) groups excluding carboxylic acids is 2. The van der Waals surface area contributed by atoms with E-state index in [1.54, 1.807) is 17.0 Å². The van der Waals surface area contributed by atoms with Crippen molar-refractivity contribution in [1.29, 1.82) is 0 Å². The molecule has 2 aromatic carbocycles. The van der Waals surface area contributed by atoms with Gasteiger partial charge in [-0.3, -0.25) is 13.9 Å². The zero-order chi connectivity index (χ0) is 27.8. The second kappa shape index (κ2) is 13.8. The number of amides is 2. The van der Waals surface area contributed by atoms with Gasteiger partial charge in [0.25, 0.3) is 0 Å². The van der Waals surface area contributed by atoms with Gasteiger partial charge in [0.05, 0.1) is 11.9 Å². The van der Waals surface area contributed by atoms with Crippen molar-refractivity contribution < 1.29 is 18.0 Å². The third kappa shape index (κ3) is 9.67. The Morgan fingerprint density at radius 3 is 2.14 bits per heavy atom. The third-order valence-electron chi connectivity index (χ3n) is 5.98. The van der Waals surface area contributed by atoms with Crippen LogP contribution in [0.1, 0.15) is 56.7 Å². The van der Waals surface area contributed by atoms with E-state index in [4.69, 9.17) is 11.6 Å². The number of benzene rings is 2. The lowest BCUT2D eigenvalue weighted by Crippen LogP contribution is -2.49. The smallest absolute Gasteiger partial charge is 0.242 e. The molecule has 0 saturated carbocycles. The maximum atomic E-state index is 13.5. The first-order valence-corrected chi connectivity index (χ1v) is 14.9. The van der Waals surface area contributed by atoms with Crippen molar-refractivity contribution in [3.8, 4) is 0 Å². The largest absolute Gasteiger partial charge is 0.354 e. The maximum absolute atomic E-state index is 13.5. The van der Waals surface area contributed by atoms with Crippen molar-refractivity contribution in [2.24, 2.45) is 5.92 Å². The number of aryl methyl sites for hydroxylation is 2. The fourth-order valence-electron chi connectivity index (χ4n) is 4.23. The van der Waals surface area contributed by atoms with E-state index in [0.717, 1.165) is 16.7 Å². The summed E-state index contributed by atoms with van der Waals surface area (Å²) in [5.74, 6) is -0.101. The Bertz CT molecular complexity index is 1150. The van der Waals surface area contributed by atoms with Crippen molar-refractivity contribution in [2.45, 2.75) is 66.5 Å². The van der Waals surface area contributed by atoms with Crippen LogP contribution in [0.25, 0.3) is 0 Å². The Labute approximate surface area is 227 Å². The zero-order valence-corrected chi connectivity index (χ0v) is 24.3. The molecule has 2 amide bonds. The number of sulfonamides is 1. The SMILES string of the molecule is CCC(C(=O)NCC(C)C)N(Cc1ccc(Cl)cc1)C(=O)CCCN(c1cc(C)cc(C)c1)S(C)(=O)=O. The van der Waals surface area contributed by atoms with Crippen LogP contribution in [0.5, 0.6) is 0 Å². The first kappa shape index (κ1) is 30.6. The molecule has 1 N–H and O–H groups in total. The van der Waals surface area contributed by atoms with Gasteiger partial charge < -0.3 is 10.2 Å². The highest BCUT2D eigenvalue weighted by molar-refractivity contribution is 7.92. The minimum atomic E-state index is -3.54. The van der Waals surface area contributed by atoms with Crippen LogP contribution < -0.4 is 9.62 Å². The number of halogens is 1. The number of anilines is 1. The average Bonchev–Trinajstić information content (AvgIpc) is 2.79. The van der Waals surface area contributed by atoms with Crippen LogP contribution in [-0.2, 0) is 26.2 Å². The molecule has 2 rings (SSSR count). The summed E-state index contributed by atoms with van der Waals surface area (Å²) in [6.45, 7) is 10.7. The summed E-state index contributed by atoms with van der Waals surface area (Å²) in [4.78, 5) is 28.1. The number of nitrogens with zero attached hydrogens (tertiary/aromatic N) is 2. The van der Waals surface area contributed by atoms with Gasteiger partial charge in [0.15, 0.2) is 0 Å². The summed E-state index contributed by atoms with van der Waals surface area (Å²) in [6, 6.07) is 12.2. The molecule has 204 valence electrons. The molecular weight excluding hydrogens is 510 g/mol. The van der Waals surface area contributed by atoms with E-state index in [0.29, 0.717) is 30.1 Å². The molecule has 1 atom stereocenters. The first-order chi connectivity index (χ1) is 17.3. The molecule has 37 heavy (non-hydrogen) atoms. The second-order valence-corrected chi connectivity index (χ2v) is 12.3. The van der Waals surface area contributed by atoms with Crippen LogP contribution in [0.3, 0.4) is 0 Å². The summed E-state index contributed by atoms with van der Waals surface area (Å²) in [6.07, 6.45) is 2.06. The Balaban J connectivity index is 2.22. The molecule has 0 heterocycles. The van der Waals surface area contributed by atoms with Gasteiger partial charge in [0, 0.05) is 31.1 Å². The molecule has 0 spiro atoms. The van der Waals surface area contributed by atoms with Crippen LogP contribution in [-0.4, -0.2) is 50.5 Å². The average molecular weight is 550 g/mol. The van der Waals surface area contributed by atoms with Gasteiger partial charge in [-0.2, -0.15) is 0 Å². The monoisotopic (exact) mass is 549 g/mol. The van der Waals surface area contributed by atoms with Gasteiger partial charge in [0.1, 0.15) is 6.04 Å². The van der Waals surface area contributed by atoms with E-state index >= 15 is 0 Å². The lowest BCUT2D eigenvalue weighted by atomic mass is 10.1. The first-order valence-electron chi connectivity index (χ1n) is 12.7. The molecular formula is C28H40ClN3O4S. The molecule has 0 saturated heterocycles. The standard InChI is InChI=1S/C28H40ClN3O4S/c1-7-26(28(34)30-18-20(2)3)31(19-23-10-12-24(29)13-11-23)27(33)9-8-14-32(37(6,35)36)25-16-21(4)15-22(5)17-25/h10-13,15-17,20,26H,7-9,14,18-19H2,1-6H3,(H,30,34). The van der Waals surface area contributed by atoms with Gasteiger partial charge in [0.2, 0.25) is 21.8 Å². The molecule has 2 aromatic rings. The minimum Gasteiger partial charge on any atom is -0.354 e. The summed E-state index contributed by atoms with van der Waals surface area (Å²) < 4.78 is 26.5. The fourth-order valence-corrected chi connectivity index (χ4v) is 5.30. The molecule has 0 bridgehead atoms. The van der Waals surface area contributed by atoms with Crippen LogP contribution in [0.4, 0.5) is 5.69 Å². The Hall–Kier alpha value is -2.58. The van der Waals surface area contributed by atoms with Crippen molar-refractivity contribution in [3.63, 3.8) is 0 Å². The number of carbonyl (C=O) groups is 2. The van der Waals surface area contributed by atoms with Crippen molar-refractivity contribution in [3.05, 3.63) is 64.2 Å². The summed E-state index contributed by atoms with van der Waals surface area (Å²) in [5, 5.41) is 3.54. The molecule has 0 aliphatic rings. The summed E-state index contributed by atoms with van der Waals surface area (Å²) >= 11 is 6.03. The number of hydrogen-bond acceptors (Lipinski definition) is 4. The number of nitrogens with one attached hydrogen (secondary N) is 1. The predicted molar refractivity (Wildman–Crippen MR) is 151 cm³/mol. The van der Waals surface area contributed by atoms with E-state index in [-0.39, 0.29) is 37.2 Å². The lowest BCUT2D eigenvalue weighted by Gasteiger charge is -2.31. The molecule has 0 aliphatic carbocycles. The molecule has 0 aromatic heterocycles. The molecule has 7 nitrogen and oxygen atoms in total. The second-order valence-electron chi connectivity index (χ2n) is 10.00. The van der Waals surface area contributed by atoms with Gasteiger partial charge >= 0.3 is 0 Å². The molecule has 0 radical (unpaired) electrons. The summed E-state index contributed by atoms with van der Waals surface area (Å²) in [7, 11) is -3.54. The van der Waals surface area contributed by atoms with E-state index < -0.39 is 16.1 Å². The predicted octanol–water partition coefficient (Wildman–Crippen LogP) is 5.08. The highest BCUT2D eigenvalue weighted by atomic mass is 35.5. The molecule has 9 heteroatoms. The van der Waals surface area contributed by atoms with Crippen molar-refractivity contribution >= 4 is 39.1 Å². The Morgan fingerprint density at radius 2 is 1.62 bits per heavy atom. The van der Waals surface area contributed by atoms with Crippen LogP contribution in [0.2, 0.25) is 5.02 Å². The van der Waals surface area contributed by atoms with Crippen LogP contribution >= 0.6 is 11.6 Å². The quantitative estimate of drug-likeness (QED) is 0.377. The fraction of sp³-hybridized carbons (Fsp3) is 0.500. The van der Waals surface area contributed by atoms with Gasteiger partial charge in [-0.1, -0.05) is 50.6 Å². The Kier molecular flexibility index (Phi) is 11.4. The highest BCUT2D eigenvalue weighted by Crippen LogP contribution is 2.23. The topological polar surface area (TPSA) is 86.8 Å². The number of hydrogen-bond donors (Lipinski definition) is 1. The maximum Gasteiger partial charge on any atom is 0.242 e. The molecule has 0 fully saturated rings. The van der Waals surface area contributed by atoms with E-state index in [1.165, 1.54) is 10.6 Å². The zero-order valence-electron chi connectivity index (χ0n) is 22.8. The normalized spacial score (nSPS) is 12.3. The van der Waals surface area contributed by atoms with E-state index in [9.17, 15) is 18.0 Å². The van der Waals surface area contributed by atoms with Gasteiger partial charge in [-0.25, -0.2) is 8.42 Å².